The average Bonchev–Trinajstić information content (AvgIpc) is 3.35. The van der Waals surface area contributed by atoms with E-state index >= 15 is 0 Å². The molecule has 1 amide bonds. The SMILES string of the molecule is C=CC(=O)N1CCC[C@@H]2[C@H]1C[C@@]2(C)Oc1nc(-c2cnn(C)c2)cn2nccc12. The van der Waals surface area contributed by atoms with Gasteiger partial charge < -0.3 is 9.64 Å². The Balaban J connectivity index is 1.47. The quantitative estimate of drug-likeness (QED) is 0.638. The summed E-state index contributed by atoms with van der Waals surface area (Å²) in [6.45, 7) is 6.56. The normalized spacial score (nSPS) is 26.1. The van der Waals surface area contributed by atoms with E-state index in [1.807, 2.05) is 30.4 Å². The van der Waals surface area contributed by atoms with Crippen LogP contribution in [0.5, 0.6) is 5.88 Å². The molecule has 0 spiro atoms. The highest BCUT2D eigenvalue weighted by Crippen LogP contribution is 2.49. The number of carbonyl (C=O) groups excluding carboxylic acids is 1. The summed E-state index contributed by atoms with van der Waals surface area (Å²) < 4.78 is 10.1. The van der Waals surface area contributed by atoms with E-state index in [1.54, 1.807) is 21.6 Å². The summed E-state index contributed by atoms with van der Waals surface area (Å²) in [7, 11) is 1.88. The first-order valence-corrected chi connectivity index (χ1v) is 9.94. The van der Waals surface area contributed by atoms with Gasteiger partial charge >= 0.3 is 0 Å². The van der Waals surface area contributed by atoms with Gasteiger partial charge in [0.05, 0.1) is 24.3 Å². The van der Waals surface area contributed by atoms with Gasteiger partial charge in [0.2, 0.25) is 11.8 Å². The zero-order valence-corrected chi connectivity index (χ0v) is 16.7. The minimum Gasteiger partial charge on any atom is -0.469 e. The number of carbonyl (C=O) groups is 1. The molecular weight excluding hydrogens is 368 g/mol. The van der Waals surface area contributed by atoms with Crippen LogP contribution in [0.3, 0.4) is 0 Å². The van der Waals surface area contributed by atoms with Crippen LogP contribution >= 0.6 is 0 Å². The second-order valence-electron chi connectivity index (χ2n) is 8.17. The maximum Gasteiger partial charge on any atom is 0.246 e. The highest BCUT2D eigenvalue weighted by Gasteiger charge is 2.57. The number of piperidine rings is 1. The van der Waals surface area contributed by atoms with E-state index in [0.29, 0.717) is 5.88 Å². The molecule has 1 saturated heterocycles. The lowest BCUT2D eigenvalue weighted by Gasteiger charge is -2.58. The van der Waals surface area contributed by atoms with E-state index in [4.69, 9.17) is 9.72 Å². The summed E-state index contributed by atoms with van der Waals surface area (Å²) in [5, 5.41) is 8.62. The van der Waals surface area contributed by atoms with Crippen LogP contribution in [0.1, 0.15) is 26.2 Å². The third-order valence-electron chi connectivity index (χ3n) is 6.32. The molecule has 0 radical (unpaired) electrons. The van der Waals surface area contributed by atoms with Crippen LogP contribution in [0.2, 0.25) is 0 Å². The smallest absolute Gasteiger partial charge is 0.246 e. The van der Waals surface area contributed by atoms with Crippen molar-refractivity contribution >= 4 is 11.4 Å². The molecule has 3 aromatic rings. The molecule has 2 fully saturated rings. The molecule has 1 aliphatic heterocycles. The monoisotopic (exact) mass is 392 g/mol. The summed E-state index contributed by atoms with van der Waals surface area (Å²) >= 11 is 0. The number of hydrogen-bond acceptors (Lipinski definition) is 5. The molecule has 2 aliphatic rings. The number of hydrogen-bond donors (Lipinski definition) is 0. The van der Waals surface area contributed by atoms with Crippen LogP contribution in [-0.2, 0) is 11.8 Å². The van der Waals surface area contributed by atoms with E-state index in [2.05, 4.69) is 23.7 Å². The molecule has 4 heterocycles. The summed E-state index contributed by atoms with van der Waals surface area (Å²) in [4.78, 5) is 18.9. The van der Waals surface area contributed by atoms with Gasteiger partial charge in [-0.2, -0.15) is 10.2 Å². The van der Waals surface area contributed by atoms with E-state index in [-0.39, 0.29) is 23.5 Å². The maximum atomic E-state index is 12.2. The zero-order chi connectivity index (χ0) is 20.2. The topological polar surface area (TPSA) is 77.6 Å². The zero-order valence-electron chi connectivity index (χ0n) is 16.7. The van der Waals surface area contributed by atoms with E-state index < -0.39 is 0 Å². The lowest BCUT2D eigenvalue weighted by atomic mass is 9.62. The van der Waals surface area contributed by atoms with E-state index in [0.717, 1.165) is 42.6 Å². The molecule has 5 rings (SSSR count). The Kier molecular flexibility index (Phi) is 3.97. The fourth-order valence-corrected chi connectivity index (χ4v) is 4.82. The summed E-state index contributed by atoms with van der Waals surface area (Å²) in [5.74, 6) is 0.862. The Morgan fingerprint density at radius 1 is 1.38 bits per heavy atom. The van der Waals surface area contributed by atoms with E-state index in [9.17, 15) is 4.79 Å². The molecular formula is C21H24N6O2. The fourth-order valence-electron chi connectivity index (χ4n) is 4.82. The van der Waals surface area contributed by atoms with Gasteiger partial charge in [-0.25, -0.2) is 9.50 Å². The second-order valence-corrected chi connectivity index (χ2v) is 8.17. The van der Waals surface area contributed by atoms with Crippen molar-refractivity contribution in [2.75, 3.05) is 6.54 Å². The second kappa shape index (κ2) is 6.43. The van der Waals surface area contributed by atoms with Crippen LogP contribution in [0, 0.1) is 5.92 Å². The molecule has 0 N–H and O–H groups in total. The van der Waals surface area contributed by atoms with Crippen molar-refractivity contribution in [2.45, 2.75) is 37.8 Å². The molecule has 29 heavy (non-hydrogen) atoms. The number of likely N-dealkylation sites (tertiary alicyclic amines) is 1. The van der Waals surface area contributed by atoms with Crippen molar-refractivity contribution in [3.05, 3.63) is 43.5 Å². The molecule has 0 unspecified atom stereocenters. The van der Waals surface area contributed by atoms with Crippen LogP contribution in [0.15, 0.2) is 43.5 Å². The van der Waals surface area contributed by atoms with Crippen molar-refractivity contribution in [1.82, 2.24) is 29.3 Å². The summed E-state index contributed by atoms with van der Waals surface area (Å²) in [6.07, 6.45) is 11.5. The first-order valence-electron chi connectivity index (χ1n) is 9.94. The maximum absolute atomic E-state index is 12.2. The first-order chi connectivity index (χ1) is 14.0. The lowest BCUT2D eigenvalue weighted by Crippen LogP contribution is -2.67. The minimum absolute atomic E-state index is 0.0108. The molecule has 8 nitrogen and oxygen atoms in total. The fraction of sp³-hybridized carbons (Fsp3) is 0.429. The Hall–Kier alpha value is -3.16. The molecule has 3 aromatic heterocycles. The molecule has 8 heteroatoms. The van der Waals surface area contributed by atoms with Crippen molar-refractivity contribution in [3.63, 3.8) is 0 Å². The number of nitrogens with zero attached hydrogens (tertiary/aromatic N) is 6. The Morgan fingerprint density at radius 3 is 3.00 bits per heavy atom. The summed E-state index contributed by atoms with van der Waals surface area (Å²) in [5.41, 5.74) is 2.13. The van der Waals surface area contributed by atoms with Gasteiger partial charge in [-0.15, -0.1) is 0 Å². The van der Waals surface area contributed by atoms with Gasteiger partial charge in [0.25, 0.3) is 0 Å². The molecule has 1 aliphatic carbocycles. The third-order valence-corrected chi connectivity index (χ3v) is 6.32. The van der Waals surface area contributed by atoms with Crippen LogP contribution in [0.4, 0.5) is 0 Å². The minimum atomic E-state index is -0.365. The summed E-state index contributed by atoms with van der Waals surface area (Å²) in [6, 6.07) is 2.12. The number of ether oxygens (including phenoxy) is 1. The Labute approximate surface area is 168 Å². The van der Waals surface area contributed by atoms with Crippen LogP contribution in [0.25, 0.3) is 16.8 Å². The number of aromatic nitrogens is 5. The van der Waals surface area contributed by atoms with Crippen molar-refractivity contribution < 1.29 is 9.53 Å². The van der Waals surface area contributed by atoms with Crippen LogP contribution in [-0.4, -0.2) is 53.4 Å². The van der Waals surface area contributed by atoms with Crippen molar-refractivity contribution in [2.24, 2.45) is 13.0 Å². The highest BCUT2D eigenvalue weighted by atomic mass is 16.5. The Morgan fingerprint density at radius 2 is 2.24 bits per heavy atom. The van der Waals surface area contributed by atoms with Crippen LogP contribution < -0.4 is 4.74 Å². The predicted molar refractivity (Wildman–Crippen MR) is 107 cm³/mol. The third kappa shape index (κ3) is 2.82. The number of rotatable bonds is 4. The van der Waals surface area contributed by atoms with Crippen molar-refractivity contribution in [1.29, 1.82) is 0 Å². The highest BCUT2D eigenvalue weighted by molar-refractivity contribution is 5.87. The molecule has 0 aromatic carbocycles. The number of fused-ring (bicyclic) bond motifs is 2. The predicted octanol–water partition coefficient (Wildman–Crippen LogP) is 2.46. The van der Waals surface area contributed by atoms with Gasteiger partial charge in [-0.05, 0) is 31.9 Å². The van der Waals surface area contributed by atoms with Gasteiger partial charge in [0.1, 0.15) is 11.1 Å². The molecule has 150 valence electrons. The Bertz CT molecular complexity index is 1100. The van der Waals surface area contributed by atoms with E-state index in [1.165, 1.54) is 6.08 Å². The van der Waals surface area contributed by atoms with Gasteiger partial charge in [-0.3, -0.25) is 9.48 Å². The number of amides is 1. The standard InChI is InChI=1S/C21H24N6O2/c1-4-19(28)26-9-5-6-15-18(26)10-21(15,2)29-20-17-7-8-22-27(17)13-16(24-20)14-11-23-25(3)12-14/h4,7-8,11-13,15,18H,1,5-6,9-10H2,2-3H3/t15-,18-,21-/m1/s1. The molecule has 0 bridgehead atoms. The van der Waals surface area contributed by atoms with Gasteiger partial charge in [0.15, 0.2) is 0 Å². The van der Waals surface area contributed by atoms with Gasteiger partial charge in [0, 0.05) is 43.7 Å². The average molecular weight is 392 g/mol. The first kappa shape index (κ1) is 17.9. The number of aryl methyl sites for hydroxylation is 1. The molecule has 1 saturated carbocycles. The largest absolute Gasteiger partial charge is 0.469 e. The van der Waals surface area contributed by atoms with Crippen molar-refractivity contribution in [3.8, 4) is 17.1 Å². The van der Waals surface area contributed by atoms with Gasteiger partial charge in [-0.1, -0.05) is 6.58 Å². The lowest BCUT2D eigenvalue weighted by molar-refractivity contribution is -0.161. The molecule has 3 atom stereocenters.